The minimum atomic E-state index is -0.126. The first kappa shape index (κ1) is 19.2. The van der Waals surface area contributed by atoms with Crippen molar-refractivity contribution in [2.24, 2.45) is 5.92 Å². The van der Waals surface area contributed by atoms with Gasteiger partial charge in [0.05, 0.1) is 5.54 Å². The van der Waals surface area contributed by atoms with Crippen LogP contribution in [0.25, 0.3) is 0 Å². The number of piperidine rings is 1. The average molecular weight is 346 g/mol. The number of fused-ring (bicyclic) bond motifs is 1. The van der Waals surface area contributed by atoms with Crippen LogP contribution in [-0.2, 0) is 4.79 Å². The minimum Gasteiger partial charge on any atom is -0.348 e. The van der Waals surface area contributed by atoms with Crippen molar-refractivity contribution >= 4 is 30.7 Å². The molecule has 0 aliphatic carbocycles. The van der Waals surface area contributed by atoms with Crippen molar-refractivity contribution in [2.75, 3.05) is 26.7 Å². The zero-order chi connectivity index (χ0) is 14.2. The molecule has 1 amide bonds. The molecule has 1 aromatic carbocycles. The largest absolute Gasteiger partial charge is 0.348 e. The standard InChI is InChI=1S/C16H23N3O.2ClH/c1-12(20)18-16-10-17-15(13-6-4-3-5-7-13)14(16)8-9-19(2)11-16;;/h3-7,14-15,17H,8-11H2,1-2H3,(H,18,20);2*1H/t14?,15-,16+;;/m1../s1. The molecule has 1 aromatic rings. The lowest BCUT2D eigenvalue weighted by Crippen LogP contribution is -2.62. The molecule has 3 rings (SSSR count). The topological polar surface area (TPSA) is 44.4 Å². The maximum absolute atomic E-state index is 11.6. The predicted molar refractivity (Wildman–Crippen MR) is 93.8 cm³/mol. The molecule has 124 valence electrons. The molecule has 0 saturated carbocycles. The van der Waals surface area contributed by atoms with Gasteiger partial charge in [0.2, 0.25) is 5.91 Å². The van der Waals surface area contributed by atoms with Gasteiger partial charge in [0, 0.05) is 32.0 Å². The quantitative estimate of drug-likeness (QED) is 0.861. The first-order valence-electron chi connectivity index (χ1n) is 7.36. The van der Waals surface area contributed by atoms with Crippen molar-refractivity contribution in [2.45, 2.75) is 24.9 Å². The summed E-state index contributed by atoms with van der Waals surface area (Å²) < 4.78 is 0. The fourth-order valence-corrected chi connectivity index (χ4v) is 3.96. The van der Waals surface area contributed by atoms with Crippen molar-refractivity contribution < 1.29 is 4.79 Å². The Morgan fingerprint density at radius 3 is 2.64 bits per heavy atom. The van der Waals surface area contributed by atoms with Gasteiger partial charge in [-0.25, -0.2) is 0 Å². The van der Waals surface area contributed by atoms with E-state index in [9.17, 15) is 4.79 Å². The van der Waals surface area contributed by atoms with Crippen molar-refractivity contribution in [3.8, 4) is 0 Å². The predicted octanol–water partition coefficient (Wildman–Crippen LogP) is 2.00. The van der Waals surface area contributed by atoms with Gasteiger partial charge in [-0.2, -0.15) is 0 Å². The van der Waals surface area contributed by atoms with E-state index >= 15 is 0 Å². The van der Waals surface area contributed by atoms with E-state index in [0.29, 0.717) is 12.0 Å². The van der Waals surface area contributed by atoms with Crippen LogP contribution in [0.2, 0.25) is 0 Å². The van der Waals surface area contributed by atoms with Crippen LogP contribution in [0.4, 0.5) is 0 Å². The molecule has 2 saturated heterocycles. The lowest BCUT2D eigenvalue weighted by atomic mass is 9.76. The van der Waals surface area contributed by atoms with Gasteiger partial charge in [0.15, 0.2) is 0 Å². The molecule has 2 fully saturated rings. The molecule has 0 spiro atoms. The number of likely N-dealkylation sites (N-methyl/N-ethyl adjacent to an activating group) is 1. The summed E-state index contributed by atoms with van der Waals surface area (Å²) in [4.78, 5) is 14.0. The number of rotatable bonds is 2. The van der Waals surface area contributed by atoms with Crippen molar-refractivity contribution in [3.05, 3.63) is 35.9 Å². The van der Waals surface area contributed by atoms with Crippen LogP contribution < -0.4 is 10.6 Å². The normalized spacial score (nSPS) is 30.6. The molecule has 6 heteroatoms. The molecule has 2 aliphatic rings. The van der Waals surface area contributed by atoms with Gasteiger partial charge in [0.1, 0.15) is 0 Å². The van der Waals surface area contributed by atoms with Gasteiger partial charge in [-0.1, -0.05) is 30.3 Å². The summed E-state index contributed by atoms with van der Waals surface area (Å²) in [5, 5.41) is 6.88. The maximum atomic E-state index is 11.6. The highest BCUT2D eigenvalue weighted by molar-refractivity contribution is 5.85. The lowest BCUT2D eigenvalue weighted by Gasteiger charge is -2.44. The van der Waals surface area contributed by atoms with Gasteiger partial charge in [-0.15, -0.1) is 24.8 Å². The SMILES string of the molecule is CC(=O)N[C@]12CN[C@H](c3ccccc3)C1CCN(C)C2.Cl.Cl. The van der Waals surface area contributed by atoms with Crippen LogP contribution >= 0.6 is 24.8 Å². The number of hydrogen-bond acceptors (Lipinski definition) is 3. The number of carbonyl (C=O) groups is 1. The summed E-state index contributed by atoms with van der Waals surface area (Å²) >= 11 is 0. The zero-order valence-corrected chi connectivity index (χ0v) is 14.7. The van der Waals surface area contributed by atoms with E-state index in [4.69, 9.17) is 0 Å². The number of nitrogens with zero attached hydrogens (tertiary/aromatic N) is 1. The Kier molecular flexibility index (Phi) is 6.68. The fourth-order valence-electron chi connectivity index (χ4n) is 3.96. The van der Waals surface area contributed by atoms with Crippen LogP contribution in [0.15, 0.2) is 30.3 Å². The number of likely N-dealkylation sites (tertiary alicyclic amines) is 1. The Balaban J connectivity index is 0.00000121. The van der Waals surface area contributed by atoms with Crippen LogP contribution in [0.1, 0.15) is 24.9 Å². The monoisotopic (exact) mass is 345 g/mol. The van der Waals surface area contributed by atoms with Crippen LogP contribution in [0.5, 0.6) is 0 Å². The Morgan fingerprint density at radius 2 is 2.00 bits per heavy atom. The molecule has 3 atom stereocenters. The average Bonchev–Trinajstić information content (AvgIpc) is 2.76. The second-order valence-corrected chi connectivity index (χ2v) is 6.24. The van der Waals surface area contributed by atoms with E-state index < -0.39 is 0 Å². The van der Waals surface area contributed by atoms with Crippen LogP contribution in [0, 0.1) is 5.92 Å². The van der Waals surface area contributed by atoms with Crippen molar-refractivity contribution in [1.29, 1.82) is 0 Å². The highest BCUT2D eigenvalue weighted by Crippen LogP contribution is 2.41. The first-order valence-corrected chi connectivity index (χ1v) is 7.36. The van der Waals surface area contributed by atoms with E-state index in [-0.39, 0.29) is 36.3 Å². The summed E-state index contributed by atoms with van der Waals surface area (Å²) in [6.45, 7) is 4.49. The molecular formula is C16H25Cl2N3O. The summed E-state index contributed by atoms with van der Waals surface area (Å²) in [7, 11) is 2.13. The first-order chi connectivity index (χ1) is 9.61. The number of carbonyl (C=O) groups excluding carboxylic acids is 1. The molecule has 2 aliphatic heterocycles. The molecule has 22 heavy (non-hydrogen) atoms. The third kappa shape index (κ3) is 3.57. The highest BCUT2D eigenvalue weighted by Gasteiger charge is 2.51. The summed E-state index contributed by atoms with van der Waals surface area (Å²) in [6.07, 6.45) is 1.11. The zero-order valence-electron chi connectivity index (χ0n) is 13.0. The Hall–Kier alpha value is -0.810. The Bertz CT molecular complexity index is 499. The molecule has 2 heterocycles. The molecular weight excluding hydrogens is 321 g/mol. The van der Waals surface area contributed by atoms with Gasteiger partial charge in [-0.3, -0.25) is 4.79 Å². The smallest absolute Gasteiger partial charge is 0.217 e. The molecule has 2 N–H and O–H groups in total. The summed E-state index contributed by atoms with van der Waals surface area (Å²) in [5.74, 6) is 0.533. The Morgan fingerprint density at radius 1 is 1.32 bits per heavy atom. The van der Waals surface area contributed by atoms with Gasteiger partial charge >= 0.3 is 0 Å². The van der Waals surface area contributed by atoms with E-state index in [1.165, 1.54) is 5.56 Å². The third-order valence-electron chi connectivity index (χ3n) is 4.71. The summed E-state index contributed by atoms with van der Waals surface area (Å²) in [6, 6.07) is 10.9. The van der Waals surface area contributed by atoms with Gasteiger partial charge < -0.3 is 15.5 Å². The second kappa shape index (κ2) is 7.64. The highest BCUT2D eigenvalue weighted by atomic mass is 35.5. The van der Waals surface area contributed by atoms with Gasteiger partial charge in [0.25, 0.3) is 0 Å². The van der Waals surface area contributed by atoms with Crippen molar-refractivity contribution in [1.82, 2.24) is 15.5 Å². The molecule has 4 nitrogen and oxygen atoms in total. The minimum absolute atomic E-state index is 0. The number of benzene rings is 1. The molecule has 0 bridgehead atoms. The van der Waals surface area contributed by atoms with E-state index in [1.807, 2.05) is 6.07 Å². The van der Waals surface area contributed by atoms with Crippen molar-refractivity contribution in [3.63, 3.8) is 0 Å². The number of amides is 1. The van der Waals surface area contributed by atoms with E-state index in [0.717, 1.165) is 26.1 Å². The second-order valence-electron chi connectivity index (χ2n) is 6.24. The van der Waals surface area contributed by atoms with Gasteiger partial charge in [-0.05, 0) is 25.6 Å². The molecule has 0 aromatic heterocycles. The molecule has 0 radical (unpaired) electrons. The molecule has 1 unspecified atom stereocenters. The third-order valence-corrected chi connectivity index (χ3v) is 4.71. The Labute approximate surface area is 144 Å². The number of nitrogens with one attached hydrogen (secondary N) is 2. The lowest BCUT2D eigenvalue weighted by molar-refractivity contribution is -0.122. The van der Waals surface area contributed by atoms with Crippen LogP contribution in [-0.4, -0.2) is 43.0 Å². The summed E-state index contributed by atoms with van der Waals surface area (Å²) in [5.41, 5.74) is 1.20. The fraction of sp³-hybridized carbons (Fsp3) is 0.562. The number of hydrogen-bond donors (Lipinski definition) is 2. The van der Waals surface area contributed by atoms with E-state index in [2.05, 4.69) is 46.8 Å². The van der Waals surface area contributed by atoms with Crippen LogP contribution in [0.3, 0.4) is 0 Å². The van der Waals surface area contributed by atoms with E-state index in [1.54, 1.807) is 6.92 Å². The maximum Gasteiger partial charge on any atom is 0.217 e. The number of halogens is 2.